The van der Waals surface area contributed by atoms with E-state index in [1.54, 1.807) is 40.3 Å². The quantitative estimate of drug-likeness (QED) is 0.0795. The Labute approximate surface area is 386 Å². The van der Waals surface area contributed by atoms with E-state index in [0.717, 1.165) is 0 Å². The van der Waals surface area contributed by atoms with E-state index in [9.17, 15) is 49.9 Å². The average Bonchev–Trinajstić information content (AvgIpc) is 4.04. The minimum atomic E-state index is -4.71. The number of carbonyl (C=O) groups excluding carboxylic acids is 5. The predicted molar refractivity (Wildman–Crippen MR) is 250 cm³/mol. The molecule has 0 aliphatic heterocycles. The smallest absolute Gasteiger partial charge is 0.325 e. The third kappa shape index (κ3) is 9.70. The summed E-state index contributed by atoms with van der Waals surface area (Å²) in [5, 5.41) is 17.6. The van der Waals surface area contributed by atoms with E-state index in [2.05, 4.69) is 31.9 Å². The fraction of sp³-hybridized carbons (Fsp3) is 0.0889. The van der Waals surface area contributed by atoms with Crippen molar-refractivity contribution in [3.8, 4) is 0 Å². The number of carbonyl (C=O) groups is 5. The fourth-order valence-corrected chi connectivity index (χ4v) is 8.80. The van der Waals surface area contributed by atoms with E-state index in [1.165, 1.54) is 128 Å². The number of aromatic nitrogens is 4. The highest BCUT2D eigenvalue weighted by molar-refractivity contribution is 7.86. The molecule has 0 saturated carbocycles. The summed E-state index contributed by atoms with van der Waals surface area (Å²) < 4.78 is 76.0. The molecule has 8 rings (SSSR count). The standard InChI is InChI=1S/C45H40N10O11S2/c1-52-21-27(41(56)46-31-11-13-33-25(15-31)7-5-9-35(33)67(61,62)63)17-37(52)48-43(58)29-19-39(54(3)23-29)50-45(60)51-40-20-30(24-55(40)4)44(59)49-38-18-28(22-53(38)2)42(57)47-32-12-14-34-26(16-32)8-6-10-36(34)68(64,65)66/h5-24H,1-4H3,(H,46,56)(H,47,57)(H,48,58)(H,49,59)(H2,50,51,60)(H,61,62,63)(H,64,65,66)/p-2. The lowest BCUT2D eigenvalue weighted by molar-refractivity contribution is 0.101. The lowest BCUT2D eigenvalue weighted by Gasteiger charge is -2.11. The maximum Gasteiger partial charge on any atom is 0.325 e. The number of amides is 6. The van der Waals surface area contributed by atoms with Crippen LogP contribution in [0.2, 0.25) is 0 Å². The minimum Gasteiger partial charge on any atom is -0.744 e. The number of nitrogens with one attached hydrogen (secondary N) is 6. The maximum atomic E-state index is 13.3. The molecule has 0 aliphatic rings. The molecule has 8 aromatic rings. The van der Waals surface area contributed by atoms with E-state index in [4.69, 9.17) is 0 Å². The van der Waals surface area contributed by atoms with Crippen molar-refractivity contribution in [3.05, 3.63) is 144 Å². The molecule has 0 unspecified atom stereocenters. The summed E-state index contributed by atoms with van der Waals surface area (Å²) in [6.45, 7) is 0. The van der Waals surface area contributed by atoms with Crippen LogP contribution in [0.3, 0.4) is 0 Å². The summed E-state index contributed by atoms with van der Waals surface area (Å²) in [6, 6.07) is 22.5. The lowest BCUT2D eigenvalue weighted by atomic mass is 10.1. The van der Waals surface area contributed by atoms with Crippen LogP contribution >= 0.6 is 0 Å². The zero-order valence-corrected chi connectivity index (χ0v) is 37.8. The molecule has 0 aliphatic carbocycles. The van der Waals surface area contributed by atoms with Crippen LogP contribution in [0.15, 0.2) is 132 Å². The molecular formula is C45H38N10O11S2-2. The Morgan fingerprint density at radius 2 is 0.721 bits per heavy atom. The van der Waals surface area contributed by atoms with Gasteiger partial charge in [0.05, 0.1) is 32.0 Å². The Morgan fingerprint density at radius 3 is 1.04 bits per heavy atom. The van der Waals surface area contributed by atoms with Crippen LogP contribution in [0.25, 0.3) is 21.5 Å². The van der Waals surface area contributed by atoms with E-state index in [1.807, 2.05) is 0 Å². The van der Waals surface area contributed by atoms with Crippen molar-refractivity contribution in [1.82, 2.24) is 18.3 Å². The second-order valence-corrected chi connectivity index (χ2v) is 18.3. The molecule has 0 radical (unpaired) electrons. The van der Waals surface area contributed by atoms with Gasteiger partial charge in [0.1, 0.15) is 43.5 Å². The first-order valence-corrected chi connectivity index (χ1v) is 22.9. The second-order valence-electron chi connectivity index (χ2n) is 15.6. The number of urea groups is 1. The highest BCUT2D eigenvalue weighted by Crippen LogP contribution is 2.28. The van der Waals surface area contributed by atoms with Crippen molar-refractivity contribution in [2.45, 2.75) is 9.79 Å². The van der Waals surface area contributed by atoms with Crippen molar-refractivity contribution < 1.29 is 49.9 Å². The topological polar surface area (TPSA) is 292 Å². The molecule has 0 fully saturated rings. The molecule has 0 saturated heterocycles. The van der Waals surface area contributed by atoms with E-state index >= 15 is 0 Å². The van der Waals surface area contributed by atoms with Crippen molar-refractivity contribution in [1.29, 1.82) is 0 Å². The van der Waals surface area contributed by atoms with E-state index < -0.39 is 49.9 Å². The highest BCUT2D eigenvalue weighted by Gasteiger charge is 2.20. The monoisotopic (exact) mass is 958 g/mol. The fourth-order valence-electron chi connectivity index (χ4n) is 7.40. The van der Waals surface area contributed by atoms with E-state index in [-0.39, 0.29) is 66.1 Å². The van der Waals surface area contributed by atoms with Gasteiger partial charge in [-0.3, -0.25) is 29.8 Å². The highest BCUT2D eigenvalue weighted by atomic mass is 32.2. The van der Waals surface area contributed by atoms with Crippen LogP contribution in [-0.2, 0) is 48.4 Å². The van der Waals surface area contributed by atoms with Gasteiger partial charge >= 0.3 is 6.03 Å². The third-order valence-electron chi connectivity index (χ3n) is 10.8. The van der Waals surface area contributed by atoms with Gasteiger partial charge in [0.15, 0.2) is 0 Å². The first kappa shape index (κ1) is 46.0. The first-order chi connectivity index (χ1) is 32.1. The molecule has 4 aromatic carbocycles. The van der Waals surface area contributed by atoms with Crippen LogP contribution < -0.4 is 31.9 Å². The Bertz CT molecular complexity index is 3410. The Hall–Kier alpha value is -8.51. The number of aryl methyl sites for hydroxylation is 4. The summed E-state index contributed by atoms with van der Waals surface area (Å²) >= 11 is 0. The Balaban J connectivity index is 0.855. The minimum absolute atomic E-state index is 0.174. The molecule has 21 nitrogen and oxygen atoms in total. The van der Waals surface area contributed by atoms with Crippen LogP contribution in [0.1, 0.15) is 41.4 Å². The number of fused-ring (bicyclic) bond motifs is 2. The average molecular weight is 959 g/mol. The van der Waals surface area contributed by atoms with Gasteiger partial charge in [0.2, 0.25) is 0 Å². The molecule has 23 heteroatoms. The van der Waals surface area contributed by atoms with Crippen molar-refractivity contribution in [3.63, 3.8) is 0 Å². The number of nitrogens with zero attached hydrogens (tertiary/aromatic N) is 4. The molecule has 0 bridgehead atoms. The predicted octanol–water partition coefficient (Wildman–Crippen LogP) is 5.81. The molecular weight excluding hydrogens is 921 g/mol. The number of anilines is 6. The normalized spacial score (nSPS) is 11.6. The number of hydrogen-bond acceptors (Lipinski definition) is 11. The summed E-state index contributed by atoms with van der Waals surface area (Å²) in [4.78, 5) is 65.4. The van der Waals surface area contributed by atoms with Crippen LogP contribution in [0.5, 0.6) is 0 Å². The van der Waals surface area contributed by atoms with Gasteiger partial charge in [0, 0.05) is 64.4 Å². The Morgan fingerprint density at radius 1 is 0.412 bits per heavy atom. The molecule has 68 heavy (non-hydrogen) atoms. The number of hydrogen-bond donors (Lipinski definition) is 6. The number of benzene rings is 4. The van der Waals surface area contributed by atoms with Gasteiger partial charge in [-0.05, 0) is 82.2 Å². The van der Waals surface area contributed by atoms with Crippen molar-refractivity contribution >= 4 is 106 Å². The summed E-state index contributed by atoms with van der Waals surface area (Å²) in [6.07, 6.45) is 5.97. The SMILES string of the molecule is Cn1cc(C(=O)Nc2cc(C(=O)Nc3ccc4c(S(=O)(=O)[O-])cccc4c3)cn2C)cc1NC(=O)Nc1cc(C(=O)Nc2cc(C(=O)Nc3ccc4c(S(=O)(=O)[O-])cccc4c3)cn2C)cn1C. The summed E-state index contributed by atoms with van der Waals surface area (Å²) in [5.41, 5.74) is 1.43. The lowest BCUT2D eigenvalue weighted by Crippen LogP contribution is -2.22. The first-order valence-electron chi connectivity index (χ1n) is 20.1. The van der Waals surface area contributed by atoms with Gasteiger partial charge in [-0.25, -0.2) is 21.6 Å². The van der Waals surface area contributed by atoms with Gasteiger partial charge in [-0.2, -0.15) is 0 Å². The molecule has 6 N–H and O–H groups in total. The molecule has 6 amide bonds. The van der Waals surface area contributed by atoms with Crippen molar-refractivity contribution in [2.24, 2.45) is 28.2 Å². The zero-order chi connectivity index (χ0) is 48.8. The molecule has 348 valence electrons. The maximum absolute atomic E-state index is 13.3. The molecule has 0 atom stereocenters. The van der Waals surface area contributed by atoms with E-state index in [0.29, 0.717) is 22.1 Å². The molecule has 4 aromatic heterocycles. The van der Waals surface area contributed by atoms with Gasteiger partial charge in [0.25, 0.3) is 23.6 Å². The summed E-state index contributed by atoms with van der Waals surface area (Å²) in [5.74, 6) is -1.09. The number of rotatable bonds is 12. The molecule has 0 spiro atoms. The van der Waals surface area contributed by atoms with Gasteiger partial charge < -0.3 is 48.6 Å². The molecule has 4 heterocycles. The van der Waals surface area contributed by atoms with Crippen molar-refractivity contribution in [2.75, 3.05) is 31.9 Å². The third-order valence-corrected chi connectivity index (χ3v) is 12.6. The van der Waals surface area contributed by atoms with Gasteiger partial charge in [-0.1, -0.05) is 36.4 Å². The second kappa shape index (κ2) is 17.7. The van der Waals surface area contributed by atoms with Crippen LogP contribution in [-0.4, -0.2) is 73.9 Å². The van der Waals surface area contributed by atoms with Crippen LogP contribution in [0, 0.1) is 0 Å². The summed E-state index contributed by atoms with van der Waals surface area (Å²) in [7, 11) is -2.96. The van der Waals surface area contributed by atoms with Crippen LogP contribution in [0.4, 0.5) is 39.4 Å². The largest absolute Gasteiger partial charge is 0.744 e. The van der Waals surface area contributed by atoms with Gasteiger partial charge in [-0.15, -0.1) is 0 Å². The Kier molecular flexibility index (Phi) is 12.0. The zero-order valence-electron chi connectivity index (χ0n) is 36.1.